The Bertz CT molecular complexity index is 563. The van der Waals surface area contributed by atoms with Gasteiger partial charge in [0.2, 0.25) is 0 Å². The molecule has 2 atom stereocenters. The number of benzene rings is 1. The summed E-state index contributed by atoms with van der Waals surface area (Å²) in [5.41, 5.74) is 1.26. The summed E-state index contributed by atoms with van der Waals surface area (Å²) in [6.45, 7) is 0.370. The summed E-state index contributed by atoms with van der Waals surface area (Å²) in [5.74, 6) is -2.39. The van der Waals surface area contributed by atoms with Crippen molar-refractivity contribution in [3.05, 3.63) is 35.4 Å². The average molecular weight is 365 g/mol. The Kier molecular flexibility index (Phi) is 9.94. The summed E-state index contributed by atoms with van der Waals surface area (Å²) in [5, 5.41) is 39.3. The molecule has 5 N–H and O–H groups in total. The molecule has 0 aliphatic carbocycles. The fraction of sp³-hybridized carbons (Fsp3) is 0.556. The van der Waals surface area contributed by atoms with Crippen molar-refractivity contribution < 1.29 is 29.9 Å². The third-order valence-corrected chi connectivity index (χ3v) is 4.59. The summed E-state index contributed by atoms with van der Waals surface area (Å²) >= 11 is 0. The predicted octanol–water partition coefficient (Wildman–Crippen LogP) is 1.50. The highest BCUT2D eigenvalue weighted by atomic mass is 16.4. The molecule has 0 aliphatic heterocycles. The number of rotatable bonds is 13. The lowest BCUT2D eigenvalue weighted by Gasteiger charge is -2.24. The third-order valence-electron chi connectivity index (χ3n) is 4.59. The number of hydrogen-bond donors (Lipinski definition) is 5. The molecule has 0 radical (unpaired) electrons. The van der Waals surface area contributed by atoms with Crippen LogP contribution in [0.3, 0.4) is 0 Å². The average Bonchev–Trinajstić information content (AvgIpc) is 2.58. The van der Waals surface area contributed by atoms with Crippen molar-refractivity contribution in [2.75, 3.05) is 13.6 Å². The van der Waals surface area contributed by atoms with Gasteiger partial charge in [-0.15, -0.1) is 0 Å². The largest absolute Gasteiger partial charge is 0.481 e. The molecule has 2 unspecified atom stereocenters. The molecule has 0 heterocycles. The molecule has 1 aromatic carbocycles. The van der Waals surface area contributed by atoms with Gasteiger partial charge in [-0.2, -0.15) is 0 Å². The molecule has 0 fully saturated rings. The first kappa shape index (κ1) is 22.1. The van der Waals surface area contributed by atoms with Gasteiger partial charge in [-0.25, -0.2) is 4.79 Å². The Labute approximate surface area is 154 Å². The maximum absolute atomic E-state index is 11.6. The molecule has 0 spiro atoms. The highest BCUT2D eigenvalue weighted by molar-refractivity contribution is 6.40. The molecule has 0 saturated heterocycles. The second kappa shape index (κ2) is 11.7. The van der Waals surface area contributed by atoms with Crippen LogP contribution >= 0.6 is 0 Å². The first-order valence-corrected chi connectivity index (χ1v) is 8.91. The first-order chi connectivity index (χ1) is 12.3. The van der Waals surface area contributed by atoms with E-state index in [1.165, 1.54) is 0 Å². The maximum Gasteiger partial charge on any atom is 0.451 e. The van der Waals surface area contributed by atoms with E-state index < -0.39 is 25.0 Å². The van der Waals surface area contributed by atoms with Crippen molar-refractivity contribution in [3.63, 3.8) is 0 Å². The van der Waals surface area contributed by atoms with Crippen molar-refractivity contribution >= 4 is 19.1 Å². The first-order valence-electron chi connectivity index (χ1n) is 8.91. The van der Waals surface area contributed by atoms with Crippen molar-refractivity contribution in [2.24, 2.45) is 11.8 Å². The number of carbonyl (C=O) groups is 2. The van der Waals surface area contributed by atoms with E-state index in [1.807, 2.05) is 0 Å². The smallest absolute Gasteiger partial charge is 0.451 e. The second-order valence-electron chi connectivity index (χ2n) is 6.57. The van der Waals surface area contributed by atoms with Gasteiger partial charge < -0.3 is 25.6 Å². The van der Waals surface area contributed by atoms with Crippen LogP contribution in [-0.4, -0.2) is 52.9 Å². The van der Waals surface area contributed by atoms with Crippen LogP contribution in [0.15, 0.2) is 24.3 Å². The van der Waals surface area contributed by atoms with Gasteiger partial charge in [0.25, 0.3) is 0 Å². The van der Waals surface area contributed by atoms with Crippen molar-refractivity contribution in [3.8, 4) is 0 Å². The van der Waals surface area contributed by atoms with Crippen molar-refractivity contribution in [1.29, 1.82) is 0 Å². The van der Waals surface area contributed by atoms with Gasteiger partial charge in [-0.3, -0.25) is 4.79 Å². The zero-order chi connectivity index (χ0) is 19.5. The van der Waals surface area contributed by atoms with Gasteiger partial charge in [0.15, 0.2) is 0 Å². The molecule has 0 amide bonds. The monoisotopic (exact) mass is 365 g/mol. The van der Waals surface area contributed by atoms with E-state index in [0.717, 1.165) is 18.4 Å². The van der Waals surface area contributed by atoms with E-state index in [2.05, 4.69) is 5.32 Å². The summed E-state index contributed by atoms with van der Waals surface area (Å²) in [7, 11) is 0.352. The van der Waals surface area contributed by atoms with Crippen molar-refractivity contribution in [2.45, 2.75) is 38.4 Å². The van der Waals surface area contributed by atoms with Crippen LogP contribution in [0.4, 0.5) is 0 Å². The lowest BCUT2D eigenvalue weighted by Crippen LogP contribution is -2.33. The van der Waals surface area contributed by atoms with Gasteiger partial charge >= 0.3 is 19.1 Å². The minimum absolute atomic E-state index is 0.0583. The fourth-order valence-electron chi connectivity index (χ4n) is 3.17. The van der Waals surface area contributed by atoms with Crippen LogP contribution in [-0.2, 0) is 11.2 Å². The highest BCUT2D eigenvalue weighted by Crippen LogP contribution is 2.25. The van der Waals surface area contributed by atoms with E-state index in [1.54, 1.807) is 31.3 Å². The van der Waals surface area contributed by atoms with Crippen LogP contribution in [0, 0.1) is 11.8 Å². The molecule has 0 saturated carbocycles. The van der Waals surface area contributed by atoms with Crippen LogP contribution in [0.25, 0.3) is 0 Å². The lowest BCUT2D eigenvalue weighted by atomic mass is 9.78. The minimum atomic E-state index is -1.36. The van der Waals surface area contributed by atoms with E-state index in [-0.39, 0.29) is 17.8 Å². The maximum atomic E-state index is 11.6. The summed E-state index contributed by atoms with van der Waals surface area (Å²) in [4.78, 5) is 22.4. The Morgan fingerprint density at radius 2 is 1.69 bits per heavy atom. The van der Waals surface area contributed by atoms with Crippen LogP contribution in [0.5, 0.6) is 0 Å². The number of carboxylic acid groups (broad SMARTS) is 2. The van der Waals surface area contributed by atoms with Crippen molar-refractivity contribution in [1.82, 2.24) is 5.32 Å². The van der Waals surface area contributed by atoms with Crippen LogP contribution in [0.1, 0.15) is 41.6 Å². The quantitative estimate of drug-likeness (QED) is 0.335. The Balaban J connectivity index is 2.62. The van der Waals surface area contributed by atoms with Gasteiger partial charge in [-0.1, -0.05) is 25.0 Å². The number of aliphatic carboxylic acids is 1. The SMILES string of the molecule is CNCC(C(=O)O)C(CCCB(O)O)CCCc1ccc(C(=O)O)cc1. The number of nitrogens with one attached hydrogen (secondary N) is 1. The topological polar surface area (TPSA) is 127 Å². The molecule has 7 nitrogen and oxygen atoms in total. The van der Waals surface area contributed by atoms with Gasteiger partial charge in [0.1, 0.15) is 0 Å². The Morgan fingerprint density at radius 1 is 1.08 bits per heavy atom. The molecular formula is C18H28BNO6. The van der Waals surface area contributed by atoms with Gasteiger partial charge in [0, 0.05) is 6.54 Å². The molecule has 8 heteroatoms. The molecule has 1 aromatic rings. The number of hydrogen-bond acceptors (Lipinski definition) is 5. The molecule has 26 heavy (non-hydrogen) atoms. The summed E-state index contributed by atoms with van der Waals surface area (Å²) in [6.07, 6.45) is 3.65. The molecule has 0 aromatic heterocycles. The molecular weight excluding hydrogens is 337 g/mol. The standard InChI is InChI=1S/C18H28BNO6/c1-20-12-16(18(23)24)14(6-3-11-19(25)26)5-2-4-13-7-9-15(10-8-13)17(21)22/h7-10,14,16,20,25-26H,2-6,11-12H2,1H3,(H,21,22)(H,23,24). The van der Waals surface area contributed by atoms with Gasteiger partial charge in [0.05, 0.1) is 11.5 Å². The zero-order valence-electron chi connectivity index (χ0n) is 15.1. The number of aryl methyl sites for hydroxylation is 1. The normalized spacial score (nSPS) is 13.2. The van der Waals surface area contributed by atoms with Crippen LogP contribution in [0.2, 0.25) is 6.32 Å². The number of carboxylic acids is 2. The zero-order valence-corrected chi connectivity index (χ0v) is 15.1. The molecule has 1 rings (SSSR count). The fourth-order valence-corrected chi connectivity index (χ4v) is 3.17. The third kappa shape index (κ3) is 7.99. The van der Waals surface area contributed by atoms with E-state index in [0.29, 0.717) is 25.8 Å². The number of aromatic carboxylic acids is 1. The summed E-state index contributed by atoms with van der Waals surface area (Å²) in [6, 6.07) is 6.70. The second-order valence-corrected chi connectivity index (χ2v) is 6.57. The van der Waals surface area contributed by atoms with Gasteiger partial charge in [-0.05, 0) is 56.2 Å². The molecule has 144 valence electrons. The lowest BCUT2D eigenvalue weighted by molar-refractivity contribution is -0.143. The molecule has 0 bridgehead atoms. The van der Waals surface area contributed by atoms with E-state index >= 15 is 0 Å². The molecule has 0 aliphatic rings. The Morgan fingerprint density at radius 3 is 2.19 bits per heavy atom. The highest BCUT2D eigenvalue weighted by Gasteiger charge is 2.27. The Hall–Kier alpha value is -1.90. The predicted molar refractivity (Wildman–Crippen MR) is 99.1 cm³/mol. The van der Waals surface area contributed by atoms with E-state index in [9.17, 15) is 14.7 Å². The van der Waals surface area contributed by atoms with E-state index in [4.69, 9.17) is 15.2 Å². The summed E-state index contributed by atoms with van der Waals surface area (Å²) < 4.78 is 0. The van der Waals surface area contributed by atoms with Crippen LogP contribution < -0.4 is 5.32 Å². The minimum Gasteiger partial charge on any atom is -0.481 e.